The minimum Gasteiger partial charge on any atom is -0.392 e. The molecule has 0 radical (unpaired) electrons. The average Bonchev–Trinajstić information content (AvgIpc) is 2.87. The summed E-state index contributed by atoms with van der Waals surface area (Å²) >= 11 is 3.34. The highest BCUT2D eigenvalue weighted by Crippen LogP contribution is 2.41. The van der Waals surface area contributed by atoms with E-state index in [1.807, 2.05) is 12.1 Å². The molecule has 76 valence electrons. The lowest BCUT2D eigenvalue weighted by atomic mass is 10.1. The molecule has 0 aromatic carbocycles. The fourth-order valence-electron chi connectivity index (χ4n) is 1.78. The van der Waals surface area contributed by atoms with Crippen LogP contribution in [0, 0.1) is 11.8 Å². The smallest absolute Gasteiger partial charge is 0.0626 e. The normalized spacial score (nSPS) is 27.4. The molecule has 1 fully saturated rings. The standard InChI is InChI=1S/C11H14BrNO/c1-7-4-10(7)11(14)5-9-3-2-8(12)6-13-9/h2-3,6-7,10-11,14H,4-5H2,1H3. The summed E-state index contributed by atoms with van der Waals surface area (Å²) in [6.07, 6.45) is 3.41. The number of aliphatic hydroxyl groups is 1. The third-order valence-corrected chi connectivity index (χ3v) is 3.34. The van der Waals surface area contributed by atoms with Gasteiger partial charge in [-0.1, -0.05) is 6.92 Å². The number of pyridine rings is 1. The summed E-state index contributed by atoms with van der Waals surface area (Å²) < 4.78 is 0.982. The third kappa shape index (κ3) is 2.34. The van der Waals surface area contributed by atoms with Crippen molar-refractivity contribution in [2.75, 3.05) is 0 Å². The van der Waals surface area contributed by atoms with E-state index in [0.29, 0.717) is 18.3 Å². The maximum Gasteiger partial charge on any atom is 0.0626 e. The van der Waals surface area contributed by atoms with Gasteiger partial charge >= 0.3 is 0 Å². The topological polar surface area (TPSA) is 33.1 Å². The first-order valence-corrected chi connectivity index (χ1v) is 5.74. The predicted molar refractivity (Wildman–Crippen MR) is 58.9 cm³/mol. The zero-order chi connectivity index (χ0) is 10.1. The molecule has 1 N–H and O–H groups in total. The molecule has 0 spiro atoms. The van der Waals surface area contributed by atoms with Crippen LogP contribution in [0.5, 0.6) is 0 Å². The first-order valence-electron chi connectivity index (χ1n) is 4.95. The van der Waals surface area contributed by atoms with Gasteiger partial charge in [0.15, 0.2) is 0 Å². The summed E-state index contributed by atoms with van der Waals surface area (Å²) in [5.74, 6) is 1.20. The average molecular weight is 256 g/mol. The Hall–Kier alpha value is -0.410. The quantitative estimate of drug-likeness (QED) is 0.900. The summed E-state index contributed by atoms with van der Waals surface area (Å²) in [5, 5.41) is 9.83. The lowest BCUT2D eigenvalue weighted by molar-refractivity contribution is 0.145. The Bertz CT molecular complexity index is 312. The number of hydrogen-bond donors (Lipinski definition) is 1. The van der Waals surface area contributed by atoms with Gasteiger partial charge in [-0.2, -0.15) is 0 Å². The fourth-order valence-corrected chi connectivity index (χ4v) is 2.01. The molecule has 1 heterocycles. The second kappa shape index (κ2) is 3.99. The number of aliphatic hydroxyl groups excluding tert-OH is 1. The van der Waals surface area contributed by atoms with Gasteiger partial charge in [-0.3, -0.25) is 4.98 Å². The molecule has 3 unspecified atom stereocenters. The van der Waals surface area contributed by atoms with E-state index >= 15 is 0 Å². The number of hydrogen-bond acceptors (Lipinski definition) is 2. The monoisotopic (exact) mass is 255 g/mol. The summed E-state index contributed by atoms with van der Waals surface area (Å²) in [7, 11) is 0. The highest BCUT2D eigenvalue weighted by molar-refractivity contribution is 9.10. The summed E-state index contributed by atoms with van der Waals surface area (Å²) in [6, 6.07) is 3.92. The molecule has 0 aliphatic heterocycles. The van der Waals surface area contributed by atoms with Gasteiger partial charge in [-0.05, 0) is 46.3 Å². The van der Waals surface area contributed by atoms with Gasteiger partial charge in [-0.15, -0.1) is 0 Å². The van der Waals surface area contributed by atoms with Crippen LogP contribution in [0.15, 0.2) is 22.8 Å². The third-order valence-electron chi connectivity index (χ3n) is 2.87. The van der Waals surface area contributed by atoms with Crippen molar-refractivity contribution in [1.82, 2.24) is 4.98 Å². The SMILES string of the molecule is CC1CC1C(O)Cc1ccc(Br)cn1. The van der Waals surface area contributed by atoms with Crippen LogP contribution in [0.25, 0.3) is 0 Å². The maximum atomic E-state index is 9.83. The lowest BCUT2D eigenvalue weighted by Gasteiger charge is -2.08. The van der Waals surface area contributed by atoms with Crippen LogP contribution in [-0.2, 0) is 6.42 Å². The Morgan fingerprint density at radius 3 is 2.86 bits per heavy atom. The van der Waals surface area contributed by atoms with Crippen molar-refractivity contribution in [2.45, 2.75) is 25.9 Å². The molecular weight excluding hydrogens is 242 g/mol. The van der Waals surface area contributed by atoms with Gasteiger partial charge in [0.05, 0.1) is 6.10 Å². The second-order valence-electron chi connectivity index (χ2n) is 4.12. The second-order valence-corrected chi connectivity index (χ2v) is 5.03. The number of nitrogens with zero attached hydrogens (tertiary/aromatic N) is 1. The highest BCUT2D eigenvalue weighted by atomic mass is 79.9. The van der Waals surface area contributed by atoms with E-state index in [1.165, 1.54) is 0 Å². The van der Waals surface area contributed by atoms with Crippen molar-refractivity contribution >= 4 is 15.9 Å². The Labute approximate surface area is 92.5 Å². The summed E-state index contributed by atoms with van der Waals surface area (Å²) in [6.45, 7) is 2.18. The summed E-state index contributed by atoms with van der Waals surface area (Å²) in [5.41, 5.74) is 0.972. The molecule has 2 nitrogen and oxygen atoms in total. The first kappa shape index (κ1) is 10.1. The van der Waals surface area contributed by atoms with Crippen molar-refractivity contribution in [2.24, 2.45) is 11.8 Å². The molecule has 1 saturated carbocycles. The summed E-state index contributed by atoms with van der Waals surface area (Å²) in [4.78, 5) is 4.25. The van der Waals surface area contributed by atoms with Crippen LogP contribution >= 0.6 is 15.9 Å². The molecule has 1 aliphatic carbocycles. The number of rotatable bonds is 3. The Balaban J connectivity index is 1.93. The van der Waals surface area contributed by atoms with E-state index in [4.69, 9.17) is 0 Å². The van der Waals surface area contributed by atoms with E-state index in [-0.39, 0.29) is 6.10 Å². The van der Waals surface area contributed by atoms with Gasteiger partial charge in [0, 0.05) is 22.8 Å². The van der Waals surface area contributed by atoms with Crippen LogP contribution in [0.4, 0.5) is 0 Å². The Morgan fingerprint density at radius 2 is 2.36 bits per heavy atom. The van der Waals surface area contributed by atoms with E-state index < -0.39 is 0 Å². The van der Waals surface area contributed by atoms with Gasteiger partial charge in [0.2, 0.25) is 0 Å². The molecule has 0 bridgehead atoms. The van der Waals surface area contributed by atoms with Gasteiger partial charge in [0.1, 0.15) is 0 Å². The zero-order valence-electron chi connectivity index (χ0n) is 8.15. The molecule has 1 aromatic heterocycles. The molecule has 0 saturated heterocycles. The number of aromatic nitrogens is 1. The van der Waals surface area contributed by atoms with Crippen LogP contribution in [0.1, 0.15) is 19.0 Å². The maximum absolute atomic E-state index is 9.83. The van der Waals surface area contributed by atoms with Crippen LogP contribution in [0.2, 0.25) is 0 Å². The van der Waals surface area contributed by atoms with Crippen LogP contribution < -0.4 is 0 Å². The number of halogens is 1. The van der Waals surface area contributed by atoms with Crippen molar-refractivity contribution in [3.63, 3.8) is 0 Å². The largest absolute Gasteiger partial charge is 0.392 e. The van der Waals surface area contributed by atoms with Gasteiger partial charge in [-0.25, -0.2) is 0 Å². The van der Waals surface area contributed by atoms with Crippen LogP contribution in [0.3, 0.4) is 0 Å². The molecule has 14 heavy (non-hydrogen) atoms. The molecule has 1 aliphatic rings. The fraction of sp³-hybridized carbons (Fsp3) is 0.545. The van der Waals surface area contributed by atoms with Crippen molar-refractivity contribution < 1.29 is 5.11 Å². The molecule has 3 atom stereocenters. The molecule has 0 amide bonds. The van der Waals surface area contributed by atoms with E-state index in [1.54, 1.807) is 6.20 Å². The molecule has 3 heteroatoms. The highest BCUT2D eigenvalue weighted by Gasteiger charge is 2.38. The molecular formula is C11H14BrNO. The minimum absolute atomic E-state index is 0.210. The van der Waals surface area contributed by atoms with E-state index in [2.05, 4.69) is 27.8 Å². The Morgan fingerprint density at radius 1 is 1.64 bits per heavy atom. The molecule has 2 rings (SSSR count). The minimum atomic E-state index is -0.210. The van der Waals surface area contributed by atoms with Crippen LogP contribution in [-0.4, -0.2) is 16.2 Å². The predicted octanol–water partition coefficient (Wildman–Crippen LogP) is 2.40. The zero-order valence-corrected chi connectivity index (χ0v) is 9.74. The van der Waals surface area contributed by atoms with E-state index in [0.717, 1.165) is 16.6 Å². The molecule has 1 aromatic rings. The first-order chi connectivity index (χ1) is 6.66. The van der Waals surface area contributed by atoms with Crippen molar-refractivity contribution in [3.05, 3.63) is 28.5 Å². The van der Waals surface area contributed by atoms with E-state index in [9.17, 15) is 5.11 Å². The Kier molecular flexibility index (Phi) is 2.88. The van der Waals surface area contributed by atoms with Crippen molar-refractivity contribution in [1.29, 1.82) is 0 Å². The lowest BCUT2D eigenvalue weighted by Crippen LogP contribution is -2.14. The van der Waals surface area contributed by atoms with Gasteiger partial charge in [0.25, 0.3) is 0 Å². The van der Waals surface area contributed by atoms with Crippen molar-refractivity contribution in [3.8, 4) is 0 Å². The van der Waals surface area contributed by atoms with Gasteiger partial charge < -0.3 is 5.11 Å².